The lowest BCUT2D eigenvalue weighted by Gasteiger charge is -2.45. The fourth-order valence-corrected chi connectivity index (χ4v) is 3.82. The average molecular weight is 365 g/mol. The third-order valence-electron chi connectivity index (χ3n) is 5.09. The van der Waals surface area contributed by atoms with Crippen molar-refractivity contribution in [3.63, 3.8) is 0 Å². The van der Waals surface area contributed by atoms with Crippen LogP contribution in [0.15, 0.2) is 36.5 Å². The smallest absolute Gasteiger partial charge is 0.410 e. The summed E-state index contributed by atoms with van der Waals surface area (Å²) in [5.41, 5.74) is 1.60. The number of hydrogen-bond donors (Lipinski definition) is 0. The van der Waals surface area contributed by atoms with Crippen LogP contribution in [0.4, 0.5) is 4.79 Å². The molecule has 1 fully saturated rings. The summed E-state index contributed by atoms with van der Waals surface area (Å²) in [5.74, 6) is 0.712. The van der Waals surface area contributed by atoms with Gasteiger partial charge in [-0.15, -0.1) is 0 Å². The molecule has 3 heterocycles. The van der Waals surface area contributed by atoms with Gasteiger partial charge in [-0.3, -0.25) is 0 Å². The molecular formula is C21H23N3O3. The molecule has 1 spiro atoms. The highest BCUT2D eigenvalue weighted by molar-refractivity contribution is 5.68. The fraction of sp³-hybridized carbons (Fsp3) is 0.429. The molecule has 1 aromatic carbocycles. The lowest BCUT2D eigenvalue weighted by Crippen LogP contribution is -2.50. The Kier molecular flexibility index (Phi) is 3.92. The van der Waals surface area contributed by atoms with E-state index in [1.54, 1.807) is 17.0 Å². The van der Waals surface area contributed by atoms with Gasteiger partial charge in [0.2, 0.25) is 0 Å². The number of carbonyl (C=O) groups excluding carboxylic acids is 1. The van der Waals surface area contributed by atoms with Gasteiger partial charge in [0.25, 0.3) is 0 Å². The van der Waals surface area contributed by atoms with E-state index in [4.69, 9.17) is 9.47 Å². The Hall–Kier alpha value is -2.94. The maximum Gasteiger partial charge on any atom is 0.410 e. The Morgan fingerprint density at radius 2 is 2.00 bits per heavy atom. The number of likely N-dealkylation sites (tertiary alicyclic amines) is 1. The molecule has 2 aliphatic heterocycles. The standard InChI is InChI=1S/C21H23N3O3/c1-20(2,3)27-19(25)23-11-8-21(9-12-23)18-5-4-10-24(18)16-7-6-15(14-22)13-17(16)26-21/h4-7,10,13H,8-9,11-12H2,1-3H3. The van der Waals surface area contributed by atoms with Gasteiger partial charge in [-0.2, -0.15) is 5.26 Å². The van der Waals surface area contributed by atoms with Crippen LogP contribution in [0.1, 0.15) is 44.9 Å². The van der Waals surface area contributed by atoms with E-state index in [0.29, 0.717) is 37.2 Å². The number of nitriles is 1. The summed E-state index contributed by atoms with van der Waals surface area (Å²) < 4.78 is 14.1. The third kappa shape index (κ3) is 3.03. The van der Waals surface area contributed by atoms with E-state index in [0.717, 1.165) is 11.4 Å². The zero-order valence-corrected chi connectivity index (χ0v) is 15.9. The molecule has 1 amide bonds. The molecule has 1 aromatic heterocycles. The highest BCUT2D eigenvalue weighted by atomic mass is 16.6. The van der Waals surface area contributed by atoms with Crippen LogP contribution in [-0.4, -0.2) is 34.3 Å². The highest BCUT2D eigenvalue weighted by Gasteiger charge is 2.45. The van der Waals surface area contributed by atoms with Crippen LogP contribution in [0.3, 0.4) is 0 Å². The highest BCUT2D eigenvalue weighted by Crippen LogP contribution is 2.45. The molecular weight excluding hydrogens is 342 g/mol. The molecule has 0 saturated carbocycles. The quantitative estimate of drug-likeness (QED) is 0.708. The number of piperidine rings is 1. The first-order valence-electron chi connectivity index (χ1n) is 9.21. The number of carbonyl (C=O) groups is 1. The SMILES string of the molecule is CC(C)(C)OC(=O)N1CCC2(CC1)Oc1cc(C#N)ccc1-n1cccc12. The molecule has 0 bridgehead atoms. The van der Waals surface area contributed by atoms with E-state index in [9.17, 15) is 10.1 Å². The first-order chi connectivity index (χ1) is 12.8. The molecule has 0 aliphatic carbocycles. The second-order valence-corrected chi connectivity index (χ2v) is 8.12. The van der Waals surface area contributed by atoms with E-state index in [-0.39, 0.29) is 6.09 Å². The van der Waals surface area contributed by atoms with Crippen molar-refractivity contribution in [3.8, 4) is 17.5 Å². The van der Waals surface area contributed by atoms with Gasteiger partial charge in [-0.25, -0.2) is 4.79 Å². The van der Waals surface area contributed by atoms with Gasteiger partial charge in [-0.05, 0) is 45.0 Å². The molecule has 0 atom stereocenters. The molecule has 1 saturated heterocycles. The van der Waals surface area contributed by atoms with E-state index in [1.165, 1.54) is 0 Å². The van der Waals surface area contributed by atoms with Crippen molar-refractivity contribution >= 4 is 6.09 Å². The van der Waals surface area contributed by atoms with Gasteiger partial charge >= 0.3 is 6.09 Å². The maximum atomic E-state index is 12.4. The number of ether oxygens (including phenoxy) is 2. The number of aromatic nitrogens is 1. The molecule has 140 valence electrons. The van der Waals surface area contributed by atoms with Gasteiger partial charge in [0.1, 0.15) is 11.4 Å². The zero-order valence-electron chi connectivity index (χ0n) is 15.9. The lowest BCUT2D eigenvalue weighted by molar-refractivity contribution is -0.0268. The minimum absolute atomic E-state index is 0.282. The molecule has 0 radical (unpaired) electrons. The summed E-state index contributed by atoms with van der Waals surface area (Å²) in [6, 6.07) is 11.8. The predicted molar refractivity (Wildman–Crippen MR) is 99.8 cm³/mol. The predicted octanol–water partition coefficient (Wildman–Crippen LogP) is 3.97. The number of benzene rings is 1. The monoisotopic (exact) mass is 365 g/mol. The fourth-order valence-electron chi connectivity index (χ4n) is 3.82. The minimum Gasteiger partial charge on any atom is -0.479 e. The molecule has 6 nitrogen and oxygen atoms in total. The summed E-state index contributed by atoms with van der Waals surface area (Å²) in [6.07, 6.45) is 3.08. The Bertz CT molecular complexity index is 925. The van der Waals surface area contributed by atoms with Crippen molar-refractivity contribution in [3.05, 3.63) is 47.8 Å². The number of amides is 1. The third-order valence-corrected chi connectivity index (χ3v) is 5.09. The van der Waals surface area contributed by atoms with Crippen LogP contribution in [0, 0.1) is 11.3 Å². The van der Waals surface area contributed by atoms with Gasteiger partial charge in [0, 0.05) is 38.2 Å². The van der Waals surface area contributed by atoms with Gasteiger partial charge in [-0.1, -0.05) is 0 Å². The van der Waals surface area contributed by atoms with E-state index < -0.39 is 11.2 Å². The van der Waals surface area contributed by atoms with Crippen LogP contribution in [-0.2, 0) is 10.3 Å². The second-order valence-electron chi connectivity index (χ2n) is 8.12. The molecule has 0 unspecified atom stereocenters. The van der Waals surface area contributed by atoms with Crippen LogP contribution >= 0.6 is 0 Å². The Balaban J connectivity index is 1.60. The Morgan fingerprint density at radius 1 is 1.26 bits per heavy atom. The molecule has 6 heteroatoms. The summed E-state index contributed by atoms with van der Waals surface area (Å²) in [4.78, 5) is 14.1. The number of fused-ring (bicyclic) bond motifs is 4. The summed E-state index contributed by atoms with van der Waals surface area (Å²) in [7, 11) is 0. The van der Waals surface area contributed by atoms with Crippen molar-refractivity contribution in [2.75, 3.05) is 13.1 Å². The normalized spacial score (nSPS) is 17.5. The van der Waals surface area contributed by atoms with Gasteiger partial charge in [0.15, 0.2) is 5.60 Å². The Morgan fingerprint density at radius 3 is 2.67 bits per heavy atom. The molecule has 2 aromatic rings. The minimum atomic E-state index is -0.505. The van der Waals surface area contributed by atoms with Crippen LogP contribution in [0.25, 0.3) is 5.69 Å². The topological polar surface area (TPSA) is 67.5 Å². The van der Waals surface area contributed by atoms with Crippen LogP contribution in [0.5, 0.6) is 5.75 Å². The summed E-state index contributed by atoms with van der Waals surface area (Å²) >= 11 is 0. The van der Waals surface area contributed by atoms with Crippen molar-refractivity contribution in [1.82, 2.24) is 9.47 Å². The Labute approximate surface area is 158 Å². The first kappa shape index (κ1) is 17.5. The lowest BCUT2D eigenvalue weighted by atomic mass is 9.86. The summed E-state index contributed by atoms with van der Waals surface area (Å²) in [5, 5.41) is 9.21. The average Bonchev–Trinajstić information content (AvgIpc) is 3.11. The van der Waals surface area contributed by atoms with Crippen molar-refractivity contribution in [1.29, 1.82) is 5.26 Å². The van der Waals surface area contributed by atoms with Crippen molar-refractivity contribution in [2.24, 2.45) is 0 Å². The van der Waals surface area contributed by atoms with Crippen LogP contribution in [0.2, 0.25) is 0 Å². The van der Waals surface area contributed by atoms with E-state index >= 15 is 0 Å². The molecule has 27 heavy (non-hydrogen) atoms. The van der Waals surface area contributed by atoms with E-state index in [2.05, 4.69) is 16.7 Å². The largest absolute Gasteiger partial charge is 0.479 e. The first-order valence-corrected chi connectivity index (χ1v) is 9.21. The van der Waals surface area contributed by atoms with Gasteiger partial charge < -0.3 is 18.9 Å². The second kappa shape index (κ2) is 6.05. The molecule has 4 rings (SSSR count). The molecule has 0 N–H and O–H groups in total. The van der Waals surface area contributed by atoms with Crippen LogP contribution < -0.4 is 4.74 Å². The maximum absolute atomic E-state index is 12.4. The molecule has 2 aliphatic rings. The van der Waals surface area contributed by atoms with Crippen molar-refractivity contribution in [2.45, 2.75) is 44.8 Å². The number of nitrogens with zero attached hydrogens (tertiary/aromatic N) is 3. The van der Waals surface area contributed by atoms with E-state index in [1.807, 2.05) is 39.1 Å². The zero-order chi connectivity index (χ0) is 19.2. The summed E-state index contributed by atoms with van der Waals surface area (Å²) in [6.45, 7) is 6.74. The number of rotatable bonds is 0. The van der Waals surface area contributed by atoms with Gasteiger partial charge in [0.05, 0.1) is 23.0 Å². The van der Waals surface area contributed by atoms with Crippen molar-refractivity contribution < 1.29 is 14.3 Å². The number of hydrogen-bond acceptors (Lipinski definition) is 4.